The summed E-state index contributed by atoms with van der Waals surface area (Å²) in [4.78, 5) is 1.83. The minimum absolute atomic E-state index is 1.83. The van der Waals surface area contributed by atoms with E-state index in [1.54, 1.807) is 0 Å². The van der Waals surface area contributed by atoms with Crippen LogP contribution in [0, 0.1) is 0 Å². The molecular weight excluding hydrogens is 349 g/mol. The van der Waals surface area contributed by atoms with Crippen LogP contribution in [0.1, 0.15) is 0 Å². The second-order valence-corrected chi connectivity index (χ2v) is 4.50. The molecular formula is C8H3F11N2O. The van der Waals surface area contributed by atoms with Crippen LogP contribution in [0.2, 0.25) is 0 Å². The van der Waals surface area contributed by atoms with E-state index in [1.807, 2.05) is 4.99 Å². The van der Waals surface area contributed by atoms with Gasteiger partial charge in [0.2, 0.25) is 0 Å². The highest BCUT2D eigenvalue weighted by molar-refractivity contribution is 5.96. The molecule has 0 aromatic heterocycles. The summed E-state index contributed by atoms with van der Waals surface area (Å²) in [5.74, 6) is -20.6. The molecule has 0 radical (unpaired) electrons. The van der Waals surface area contributed by atoms with Crippen LogP contribution < -0.4 is 5.73 Å². The van der Waals surface area contributed by atoms with Crippen molar-refractivity contribution in [1.82, 2.24) is 0 Å². The van der Waals surface area contributed by atoms with Crippen LogP contribution in [0.25, 0.3) is 0 Å². The zero-order valence-electron chi connectivity index (χ0n) is 9.67. The van der Waals surface area contributed by atoms with Crippen molar-refractivity contribution in [1.29, 1.82) is 0 Å². The van der Waals surface area contributed by atoms with E-state index < -0.39 is 47.5 Å². The summed E-state index contributed by atoms with van der Waals surface area (Å²) in [6.45, 7) is 0. The van der Waals surface area contributed by atoms with Gasteiger partial charge in [0.05, 0.1) is 0 Å². The fraction of sp³-hybridized carbons (Fsp3) is 0.875. The molecule has 1 aliphatic carbocycles. The molecule has 22 heavy (non-hydrogen) atoms. The van der Waals surface area contributed by atoms with E-state index in [0.717, 1.165) is 0 Å². The van der Waals surface area contributed by atoms with Crippen LogP contribution in [0.5, 0.6) is 0 Å². The van der Waals surface area contributed by atoms with E-state index in [0.29, 0.717) is 0 Å². The number of amidine groups is 1. The molecule has 1 atom stereocenters. The minimum Gasteiger partial charge on any atom is -0.385 e. The lowest BCUT2D eigenvalue weighted by atomic mass is 9.67. The molecule has 0 aromatic rings. The summed E-state index contributed by atoms with van der Waals surface area (Å²) in [6, 6.07) is 0. The first-order valence-corrected chi connectivity index (χ1v) is 5.07. The SMILES string of the molecule is NC1=NC(C(F)F)(C(F)(F)F)OC12C(F)(F)C(F)(F)C2(F)F. The van der Waals surface area contributed by atoms with Crippen molar-refractivity contribution in [3.63, 3.8) is 0 Å². The van der Waals surface area contributed by atoms with E-state index in [2.05, 4.69) is 10.5 Å². The van der Waals surface area contributed by atoms with Gasteiger partial charge in [-0.1, -0.05) is 0 Å². The van der Waals surface area contributed by atoms with Crippen molar-refractivity contribution in [3.05, 3.63) is 0 Å². The summed E-state index contributed by atoms with van der Waals surface area (Å²) in [6.07, 6.45) is -11.0. The third-order valence-electron chi connectivity index (χ3n) is 3.33. The van der Waals surface area contributed by atoms with Gasteiger partial charge >= 0.3 is 29.7 Å². The highest BCUT2D eigenvalue weighted by Crippen LogP contribution is 2.71. The van der Waals surface area contributed by atoms with E-state index >= 15 is 0 Å². The molecule has 1 fully saturated rings. The predicted octanol–water partition coefficient (Wildman–Crippen LogP) is 2.56. The molecule has 1 aliphatic heterocycles. The Morgan fingerprint density at radius 3 is 1.59 bits per heavy atom. The summed E-state index contributed by atoms with van der Waals surface area (Å²) >= 11 is 0. The maximum absolute atomic E-state index is 13.3. The Bertz CT molecular complexity index is 521. The maximum Gasteiger partial charge on any atom is 0.444 e. The van der Waals surface area contributed by atoms with Crippen LogP contribution in [-0.4, -0.2) is 47.5 Å². The van der Waals surface area contributed by atoms with Crippen LogP contribution in [0.4, 0.5) is 48.3 Å². The summed E-state index contributed by atoms with van der Waals surface area (Å²) < 4.78 is 145. The van der Waals surface area contributed by atoms with Crippen LogP contribution >= 0.6 is 0 Å². The minimum atomic E-state index is -6.27. The fourth-order valence-electron chi connectivity index (χ4n) is 2.13. The molecule has 0 bridgehead atoms. The van der Waals surface area contributed by atoms with Gasteiger partial charge in [-0.25, -0.2) is 13.8 Å². The second kappa shape index (κ2) is 3.76. The van der Waals surface area contributed by atoms with Crippen molar-refractivity contribution in [2.45, 2.75) is 41.7 Å². The number of hydrogen-bond donors (Lipinski definition) is 1. The van der Waals surface area contributed by atoms with Gasteiger partial charge in [0.15, 0.2) is 0 Å². The van der Waals surface area contributed by atoms with Gasteiger partial charge in [-0.15, -0.1) is 0 Å². The number of nitrogens with zero attached hydrogens (tertiary/aromatic N) is 1. The highest BCUT2D eigenvalue weighted by Gasteiger charge is 3.03. The molecule has 0 saturated heterocycles. The van der Waals surface area contributed by atoms with Crippen molar-refractivity contribution < 1.29 is 53.0 Å². The Balaban J connectivity index is 2.66. The molecule has 1 heterocycles. The van der Waals surface area contributed by atoms with Crippen molar-refractivity contribution >= 4 is 5.84 Å². The van der Waals surface area contributed by atoms with Gasteiger partial charge in [-0.3, -0.25) is 0 Å². The van der Waals surface area contributed by atoms with Crippen molar-refractivity contribution in [2.24, 2.45) is 10.7 Å². The summed E-state index contributed by atoms with van der Waals surface area (Å²) in [7, 11) is 0. The number of halogens is 11. The third kappa shape index (κ3) is 1.31. The number of alkyl halides is 11. The van der Waals surface area contributed by atoms with Gasteiger partial charge in [-0.2, -0.15) is 39.5 Å². The molecule has 0 aromatic carbocycles. The predicted molar refractivity (Wildman–Crippen MR) is 45.1 cm³/mol. The maximum atomic E-state index is 13.3. The average Bonchev–Trinajstić information content (AvgIpc) is 2.64. The molecule has 1 spiro atoms. The lowest BCUT2D eigenvalue weighted by molar-refractivity contribution is -0.495. The quantitative estimate of drug-likeness (QED) is 0.738. The first-order valence-electron chi connectivity index (χ1n) is 5.07. The fourth-order valence-corrected chi connectivity index (χ4v) is 2.13. The summed E-state index contributed by atoms with van der Waals surface area (Å²) in [5.41, 5.74) is -5.85. The van der Waals surface area contributed by atoms with Crippen LogP contribution in [0.15, 0.2) is 4.99 Å². The highest BCUT2D eigenvalue weighted by atomic mass is 19.4. The number of aliphatic imine (C=N–C) groups is 1. The lowest BCUT2D eigenvalue weighted by Crippen LogP contribution is -2.90. The molecule has 2 rings (SSSR count). The molecule has 1 unspecified atom stereocenters. The number of rotatable bonds is 1. The van der Waals surface area contributed by atoms with Gasteiger partial charge < -0.3 is 10.5 Å². The monoisotopic (exact) mass is 352 g/mol. The van der Waals surface area contributed by atoms with Gasteiger partial charge in [0, 0.05) is 0 Å². The lowest BCUT2D eigenvalue weighted by Gasteiger charge is -2.56. The third-order valence-corrected chi connectivity index (χ3v) is 3.33. The molecule has 14 heteroatoms. The molecule has 1 saturated carbocycles. The van der Waals surface area contributed by atoms with Gasteiger partial charge in [-0.05, 0) is 0 Å². The molecule has 2 aliphatic rings. The largest absolute Gasteiger partial charge is 0.444 e. The van der Waals surface area contributed by atoms with E-state index in [9.17, 15) is 48.3 Å². The van der Waals surface area contributed by atoms with Gasteiger partial charge in [0.1, 0.15) is 5.84 Å². The zero-order chi connectivity index (χ0) is 17.6. The van der Waals surface area contributed by atoms with Crippen molar-refractivity contribution in [2.75, 3.05) is 0 Å². The van der Waals surface area contributed by atoms with E-state index in [-0.39, 0.29) is 0 Å². The first kappa shape index (κ1) is 17.0. The Morgan fingerprint density at radius 2 is 1.32 bits per heavy atom. The first-order chi connectivity index (χ1) is 9.53. The molecule has 0 amide bonds. The average molecular weight is 352 g/mol. The van der Waals surface area contributed by atoms with Crippen molar-refractivity contribution in [3.8, 4) is 0 Å². The van der Waals surface area contributed by atoms with Crippen LogP contribution in [0.3, 0.4) is 0 Å². The normalized spacial score (nSPS) is 34.6. The molecule has 128 valence electrons. The zero-order valence-corrected chi connectivity index (χ0v) is 9.67. The van der Waals surface area contributed by atoms with E-state index in [4.69, 9.17) is 0 Å². The molecule has 2 N–H and O–H groups in total. The Kier molecular flexibility index (Phi) is 2.91. The summed E-state index contributed by atoms with van der Waals surface area (Å²) in [5, 5.41) is 0. The van der Waals surface area contributed by atoms with Crippen LogP contribution in [-0.2, 0) is 4.74 Å². The number of nitrogens with two attached hydrogens (primary N) is 1. The number of hydrogen-bond acceptors (Lipinski definition) is 3. The Morgan fingerprint density at radius 1 is 0.909 bits per heavy atom. The standard InChI is InChI=1S/C8H3F11N2O/c9-1(10)4(8(17,18)19)21-2(20)3(22-4)5(11,12)7(15,16)6(3,13)14/h1H,(H2,20,21). The van der Waals surface area contributed by atoms with Gasteiger partial charge in [0.25, 0.3) is 12.0 Å². The topological polar surface area (TPSA) is 47.6 Å². The smallest absolute Gasteiger partial charge is 0.385 e. The Labute approximate surface area is 112 Å². The molecule has 3 nitrogen and oxygen atoms in total. The van der Waals surface area contributed by atoms with E-state index in [1.165, 1.54) is 0 Å². The Hall–Kier alpha value is -1.34. The number of ether oxygens (including phenoxy) is 1. The second-order valence-electron chi connectivity index (χ2n) is 4.50.